The Morgan fingerprint density at radius 2 is 2.16 bits per heavy atom. The van der Waals surface area contributed by atoms with Gasteiger partial charge in [-0.05, 0) is 34.1 Å². The predicted octanol–water partition coefficient (Wildman–Crippen LogP) is 1.85. The Kier molecular flexibility index (Phi) is 5.21. The molecule has 0 heterocycles. The maximum absolute atomic E-state index is 13.4. The molecule has 19 heavy (non-hydrogen) atoms. The minimum Gasteiger partial charge on any atom is -0.480 e. The fourth-order valence-corrected chi connectivity index (χ4v) is 2.95. The first-order chi connectivity index (χ1) is 8.78. The second kappa shape index (κ2) is 6.27. The summed E-state index contributed by atoms with van der Waals surface area (Å²) in [7, 11) is -4.08. The van der Waals surface area contributed by atoms with E-state index in [1.807, 2.05) is 0 Å². The monoisotopic (exact) mass is 351 g/mol. The summed E-state index contributed by atoms with van der Waals surface area (Å²) in [5.41, 5.74) is 0. The molecule has 0 radical (unpaired) electrons. The van der Waals surface area contributed by atoms with E-state index in [0.29, 0.717) is 4.31 Å². The van der Waals surface area contributed by atoms with Crippen LogP contribution in [0.25, 0.3) is 0 Å². The summed E-state index contributed by atoms with van der Waals surface area (Å²) in [6.45, 7) is 2.48. The van der Waals surface area contributed by atoms with E-state index in [4.69, 9.17) is 5.11 Å². The lowest BCUT2D eigenvalue weighted by atomic mass is 10.3. The minimum atomic E-state index is -4.08. The number of hydrogen-bond acceptors (Lipinski definition) is 3. The molecule has 0 aliphatic rings. The summed E-state index contributed by atoms with van der Waals surface area (Å²) in [6, 6.07) is 3.27. The van der Waals surface area contributed by atoms with Gasteiger partial charge in [-0.3, -0.25) is 4.79 Å². The molecule has 1 aromatic carbocycles. The molecule has 0 aromatic heterocycles. The molecule has 0 atom stereocenters. The highest BCUT2D eigenvalue weighted by Crippen LogP contribution is 2.22. The van der Waals surface area contributed by atoms with Crippen molar-refractivity contribution in [3.63, 3.8) is 0 Å². The van der Waals surface area contributed by atoms with E-state index in [1.54, 1.807) is 0 Å². The lowest BCUT2D eigenvalue weighted by molar-refractivity contribution is -0.137. The Morgan fingerprint density at radius 1 is 1.53 bits per heavy atom. The maximum atomic E-state index is 13.4. The Labute approximate surface area is 118 Å². The summed E-state index contributed by atoms with van der Waals surface area (Å²) in [5.74, 6) is -2.04. The third kappa shape index (κ3) is 3.85. The number of carbonyl (C=O) groups is 1. The Hall–Kier alpha value is -1.25. The first-order valence-corrected chi connectivity index (χ1v) is 7.30. The highest BCUT2D eigenvalue weighted by Gasteiger charge is 2.26. The molecule has 0 bridgehead atoms. The number of nitrogens with zero attached hydrogens (tertiary/aromatic N) is 1. The van der Waals surface area contributed by atoms with E-state index in [9.17, 15) is 17.6 Å². The second-order valence-corrected chi connectivity index (χ2v) is 6.35. The molecule has 1 aromatic rings. The first-order valence-electron chi connectivity index (χ1n) is 5.07. The van der Waals surface area contributed by atoms with Gasteiger partial charge in [0.15, 0.2) is 0 Å². The number of sulfonamides is 1. The van der Waals surface area contributed by atoms with Crippen molar-refractivity contribution < 1.29 is 22.7 Å². The summed E-state index contributed by atoms with van der Waals surface area (Å²) in [4.78, 5) is 10.4. The van der Waals surface area contributed by atoms with Crippen LogP contribution in [0, 0.1) is 5.82 Å². The summed E-state index contributed by atoms with van der Waals surface area (Å²) >= 11 is 2.91. The van der Waals surface area contributed by atoms with Crippen LogP contribution in [0.4, 0.5) is 4.39 Å². The van der Waals surface area contributed by atoms with Crippen LogP contribution >= 0.6 is 15.9 Å². The van der Waals surface area contributed by atoms with Crippen molar-refractivity contribution in [1.82, 2.24) is 4.31 Å². The standard InChI is InChI=1S/C11H11BrFNO4S/c1-2-5-14(7-11(15)16)19(17,18)8-3-4-9(12)10(13)6-8/h2-4,6H,1,5,7H2,(H,15,16). The molecule has 8 heteroatoms. The lowest BCUT2D eigenvalue weighted by Crippen LogP contribution is -2.35. The van der Waals surface area contributed by atoms with Gasteiger partial charge in [0.1, 0.15) is 12.4 Å². The number of carboxylic acid groups (broad SMARTS) is 1. The molecule has 0 aliphatic heterocycles. The van der Waals surface area contributed by atoms with E-state index in [1.165, 1.54) is 18.2 Å². The summed E-state index contributed by atoms with van der Waals surface area (Å²) < 4.78 is 38.5. The van der Waals surface area contributed by atoms with Crippen LogP contribution in [0.1, 0.15) is 0 Å². The molecule has 5 nitrogen and oxygen atoms in total. The van der Waals surface area contributed by atoms with Gasteiger partial charge < -0.3 is 5.11 Å². The molecular weight excluding hydrogens is 341 g/mol. The van der Waals surface area contributed by atoms with Gasteiger partial charge >= 0.3 is 5.97 Å². The van der Waals surface area contributed by atoms with Gasteiger partial charge in [-0.25, -0.2) is 12.8 Å². The van der Waals surface area contributed by atoms with E-state index < -0.39 is 28.4 Å². The van der Waals surface area contributed by atoms with Crippen molar-refractivity contribution in [2.24, 2.45) is 0 Å². The second-order valence-electron chi connectivity index (χ2n) is 3.56. The molecule has 104 valence electrons. The topological polar surface area (TPSA) is 74.7 Å². The zero-order valence-electron chi connectivity index (χ0n) is 9.71. The van der Waals surface area contributed by atoms with Gasteiger partial charge in [0.2, 0.25) is 10.0 Å². The van der Waals surface area contributed by atoms with Crippen LogP contribution in [0.2, 0.25) is 0 Å². The average Bonchev–Trinajstić information content (AvgIpc) is 2.31. The van der Waals surface area contributed by atoms with Crippen molar-refractivity contribution in [2.45, 2.75) is 4.90 Å². The Balaban J connectivity index is 3.21. The third-order valence-electron chi connectivity index (χ3n) is 2.17. The van der Waals surface area contributed by atoms with E-state index >= 15 is 0 Å². The average molecular weight is 352 g/mol. The van der Waals surface area contributed by atoms with Crippen LogP contribution in [-0.4, -0.2) is 36.9 Å². The number of benzene rings is 1. The normalized spacial score (nSPS) is 11.5. The largest absolute Gasteiger partial charge is 0.480 e. The SMILES string of the molecule is C=CCN(CC(=O)O)S(=O)(=O)c1ccc(Br)c(F)c1. The maximum Gasteiger partial charge on any atom is 0.318 e. The highest BCUT2D eigenvalue weighted by molar-refractivity contribution is 9.10. The van der Waals surface area contributed by atoms with Gasteiger partial charge in [-0.2, -0.15) is 4.31 Å². The first kappa shape index (κ1) is 15.8. The van der Waals surface area contributed by atoms with Crippen molar-refractivity contribution >= 4 is 31.9 Å². The third-order valence-corrected chi connectivity index (χ3v) is 4.62. The fourth-order valence-electron chi connectivity index (χ4n) is 1.33. The molecule has 0 unspecified atom stereocenters. The molecular formula is C11H11BrFNO4S. The van der Waals surface area contributed by atoms with Crippen LogP contribution in [0.15, 0.2) is 40.2 Å². The summed E-state index contributed by atoms with van der Waals surface area (Å²) in [6.07, 6.45) is 1.26. The number of carboxylic acids is 1. The van der Waals surface area contributed by atoms with Gasteiger partial charge in [-0.15, -0.1) is 6.58 Å². The zero-order valence-corrected chi connectivity index (χ0v) is 12.1. The molecule has 0 spiro atoms. The number of rotatable bonds is 6. The Bertz CT molecular complexity index is 603. The van der Waals surface area contributed by atoms with Gasteiger partial charge in [0, 0.05) is 6.54 Å². The van der Waals surface area contributed by atoms with E-state index in [-0.39, 0.29) is 15.9 Å². The number of aliphatic carboxylic acids is 1. The van der Waals surface area contributed by atoms with Gasteiger partial charge in [0.25, 0.3) is 0 Å². The quantitative estimate of drug-likeness (QED) is 0.793. The molecule has 0 fully saturated rings. The van der Waals surface area contributed by atoms with Crippen LogP contribution in [-0.2, 0) is 14.8 Å². The fraction of sp³-hybridized carbons (Fsp3) is 0.182. The predicted molar refractivity (Wildman–Crippen MR) is 70.7 cm³/mol. The summed E-state index contributed by atoms with van der Waals surface area (Å²) in [5, 5.41) is 8.70. The number of hydrogen-bond donors (Lipinski definition) is 1. The molecule has 0 saturated carbocycles. The van der Waals surface area contributed by atoms with Crippen LogP contribution in [0.3, 0.4) is 0 Å². The zero-order chi connectivity index (χ0) is 14.6. The van der Waals surface area contributed by atoms with Crippen LogP contribution in [0.5, 0.6) is 0 Å². The van der Waals surface area contributed by atoms with Crippen molar-refractivity contribution in [3.05, 3.63) is 41.1 Å². The minimum absolute atomic E-state index is 0.125. The van der Waals surface area contributed by atoms with Crippen LogP contribution < -0.4 is 0 Å². The molecule has 1 N–H and O–H groups in total. The Morgan fingerprint density at radius 3 is 2.63 bits per heavy atom. The molecule has 0 amide bonds. The van der Waals surface area contributed by atoms with Crippen molar-refractivity contribution in [1.29, 1.82) is 0 Å². The lowest BCUT2D eigenvalue weighted by Gasteiger charge is -2.18. The van der Waals surface area contributed by atoms with Crippen molar-refractivity contribution in [3.8, 4) is 0 Å². The van der Waals surface area contributed by atoms with E-state index in [0.717, 1.165) is 6.07 Å². The van der Waals surface area contributed by atoms with Crippen molar-refractivity contribution in [2.75, 3.05) is 13.1 Å². The molecule has 1 rings (SSSR count). The highest BCUT2D eigenvalue weighted by atomic mass is 79.9. The van der Waals surface area contributed by atoms with Gasteiger partial charge in [0.05, 0.1) is 9.37 Å². The number of halogens is 2. The molecule has 0 saturated heterocycles. The smallest absolute Gasteiger partial charge is 0.318 e. The van der Waals surface area contributed by atoms with Gasteiger partial charge in [-0.1, -0.05) is 6.08 Å². The molecule has 0 aliphatic carbocycles. The van der Waals surface area contributed by atoms with E-state index in [2.05, 4.69) is 22.5 Å².